The first-order valence-corrected chi connectivity index (χ1v) is 7.58. The van der Waals surface area contributed by atoms with Crippen LogP contribution in [0.3, 0.4) is 0 Å². The van der Waals surface area contributed by atoms with Gasteiger partial charge in [-0.3, -0.25) is 0 Å². The predicted octanol–water partition coefficient (Wildman–Crippen LogP) is 5.01. The monoisotopic (exact) mass is 252 g/mol. The average molecular weight is 252 g/mol. The van der Waals surface area contributed by atoms with Gasteiger partial charge in [0, 0.05) is 5.92 Å². The maximum Gasteiger partial charge on any atom is 0.229 e. The van der Waals surface area contributed by atoms with Crippen molar-refractivity contribution in [3.63, 3.8) is 0 Å². The number of aromatic nitrogens is 2. The van der Waals surface area contributed by atoms with Crippen molar-refractivity contribution in [3.05, 3.63) is 11.7 Å². The highest BCUT2D eigenvalue weighted by atomic mass is 16.5. The molecule has 0 saturated carbocycles. The van der Waals surface area contributed by atoms with E-state index in [9.17, 15) is 0 Å². The maximum atomic E-state index is 5.35. The van der Waals surface area contributed by atoms with Crippen LogP contribution < -0.4 is 0 Å². The summed E-state index contributed by atoms with van der Waals surface area (Å²) in [4.78, 5) is 4.41. The lowest BCUT2D eigenvalue weighted by atomic mass is 9.94. The minimum atomic E-state index is 0.481. The molecule has 0 amide bonds. The Kier molecular flexibility index (Phi) is 7.70. The molecule has 1 unspecified atom stereocenters. The summed E-state index contributed by atoms with van der Waals surface area (Å²) in [6.45, 7) is 6.39. The maximum absolute atomic E-state index is 5.35. The lowest BCUT2D eigenvalue weighted by Gasteiger charge is -2.12. The number of hydrogen-bond donors (Lipinski definition) is 0. The summed E-state index contributed by atoms with van der Waals surface area (Å²) in [7, 11) is 0. The summed E-state index contributed by atoms with van der Waals surface area (Å²) in [6.07, 6.45) is 11.5. The summed E-state index contributed by atoms with van der Waals surface area (Å²) >= 11 is 0. The first-order chi connectivity index (χ1) is 8.77. The summed E-state index contributed by atoms with van der Waals surface area (Å²) < 4.78 is 5.35. The fourth-order valence-corrected chi connectivity index (χ4v) is 2.33. The van der Waals surface area contributed by atoms with Crippen molar-refractivity contribution >= 4 is 0 Å². The van der Waals surface area contributed by atoms with Gasteiger partial charge in [0.15, 0.2) is 5.82 Å². The van der Waals surface area contributed by atoms with Crippen LogP contribution in [0.5, 0.6) is 0 Å². The third kappa shape index (κ3) is 5.65. The lowest BCUT2D eigenvalue weighted by Crippen LogP contribution is -2.00. The SMILES string of the molecule is CCCCCCC(CCCCC)c1nc(C)no1. The minimum absolute atomic E-state index is 0.481. The molecule has 0 aliphatic rings. The predicted molar refractivity (Wildman–Crippen MR) is 74.7 cm³/mol. The van der Waals surface area contributed by atoms with E-state index in [4.69, 9.17) is 4.52 Å². The van der Waals surface area contributed by atoms with E-state index in [-0.39, 0.29) is 0 Å². The van der Waals surface area contributed by atoms with Crippen molar-refractivity contribution < 1.29 is 4.52 Å². The molecule has 3 nitrogen and oxygen atoms in total. The molecular weight excluding hydrogens is 224 g/mol. The number of rotatable bonds is 10. The third-order valence-corrected chi connectivity index (χ3v) is 3.45. The molecular formula is C15H28N2O. The Hall–Kier alpha value is -0.860. The van der Waals surface area contributed by atoms with Gasteiger partial charge in [0.05, 0.1) is 0 Å². The zero-order chi connectivity index (χ0) is 13.2. The first kappa shape index (κ1) is 15.2. The van der Waals surface area contributed by atoms with Gasteiger partial charge in [-0.15, -0.1) is 0 Å². The smallest absolute Gasteiger partial charge is 0.229 e. The Balaban J connectivity index is 2.41. The van der Waals surface area contributed by atoms with Gasteiger partial charge < -0.3 is 4.52 Å². The zero-order valence-electron chi connectivity index (χ0n) is 12.2. The van der Waals surface area contributed by atoms with Crippen molar-refractivity contribution in [2.75, 3.05) is 0 Å². The van der Waals surface area contributed by atoms with Crippen molar-refractivity contribution in [2.45, 2.75) is 84.5 Å². The number of hydrogen-bond acceptors (Lipinski definition) is 3. The van der Waals surface area contributed by atoms with E-state index < -0.39 is 0 Å². The van der Waals surface area contributed by atoms with Crippen molar-refractivity contribution in [1.29, 1.82) is 0 Å². The zero-order valence-corrected chi connectivity index (χ0v) is 12.2. The topological polar surface area (TPSA) is 38.9 Å². The van der Waals surface area contributed by atoms with Crippen molar-refractivity contribution in [2.24, 2.45) is 0 Å². The quantitative estimate of drug-likeness (QED) is 0.549. The Labute approximate surface area is 111 Å². The Morgan fingerprint density at radius 1 is 0.944 bits per heavy atom. The van der Waals surface area contributed by atoms with Crippen molar-refractivity contribution in [3.8, 4) is 0 Å². The molecule has 0 spiro atoms. The van der Waals surface area contributed by atoms with Crippen LogP contribution in [0.1, 0.15) is 89.3 Å². The molecule has 104 valence electrons. The van der Waals surface area contributed by atoms with Crippen LogP contribution in [0.15, 0.2) is 4.52 Å². The van der Waals surface area contributed by atoms with Crippen molar-refractivity contribution in [1.82, 2.24) is 10.1 Å². The third-order valence-electron chi connectivity index (χ3n) is 3.45. The highest BCUT2D eigenvalue weighted by molar-refractivity contribution is 4.92. The summed E-state index contributed by atoms with van der Waals surface area (Å²) in [5.74, 6) is 2.11. The molecule has 0 fully saturated rings. The number of nitrogens with zero attached hydrogens (tertiary/aromatic N) is 2. The van der Waals surface area contributed by atoms with Gasteiger partial charge in [-0.1, -0.05) is 63.9 Å². The molecule has 3 heteroatoms. The van der Waals surface area contributed by atoms with E-state index in [0.29, 0.717) is 5.92 Å². The molecule has 0 aliphatic heterocycles. The van der Waals surface area contributed by atoms with Crippen LogP contribution in [0.2, 0.25) is 0 Å². The molecule has 0 aliphatic carbocycles. The van der Waals surface area contributed by atoms with Gasteiger partial charge >= 0.3 is 0 Å². The molecule has 1 atom stereocenters. The molecule has 0 aromatic carbocycles. The van der Waals surface area contributed by atoms with E-state index in [2.05, 4.69) is 24.0 Å². The molecule has 1 rings (SSSR count). The van der Waals surface area contributed by atoms with Crippen LogP contribution in [0.25, 0.3) is 0 Å². The van der Waals surface area contributed by atoms with Gasteiger partial charge in [-0.05, 0) is 19.8 Å². The van der Waals surface area contributed by atoms with Gasteiger partial charge in [0.25, 0.3) is 0 Å². The average Bonchev–Trinajstić information content (AvgIpc) is 2.79. The van der Waals surface area contributed by atoms with E-state index >= 15 is 0 Å². The fraction of sp³-hybridized carbons (Fsp3) is 0.867. The largest absolute Gasteiger partial charge is 0.339 e. The Morgan fingerprint density at radius 2 is 1.56 bits per heavy atom. The van der Waals surface area contributed by atoms with Crippen LogP contribution in [0.4, 0.5) is 0 Å². The fourth-order valence-electron chi connectivity index (χ4n) is 2.33. The van der Waals surface area contributed by atoms with E-state index in [1.165, 1.54) is 57.8 Å². The highest BCUT2D eigenvalue weighted by Gasteiger charge is 2.17. The molecule has 0 saturated heterocycles. The number of unbranched alkanes of at least 4 members (excludes halogenated alkanes) is 5. The highest BCUT2D eigenvalue weighted by Crippen LogP contribution is 2.27. The second kappa shape index (κ2) is 9.12. The van der Waals surface area contributed by atoms with Crippen LogP contribution in [0, 0.1) is 6.92 Å². The lowest BCUT2D eigenvalue weighted by molar-refractivity contribution is 0.328. The standard InChI is InChI=1S/C15H28N2O/c1-4-6-8-10-12-14(11-9-7-5-2)15-16-13(3)17-18-15/h14H,4-12H2,1-3H3. The van der Waals surface area contributed by atoms with E-state index in [1.54, 1.807) is 0 Å². The van der Waals surface area contributed by atoms with E-state index in [0.717, 1.165) is 11.7 Å². The van der Waals surface area contributed by atoms with Crippen LogP contribution in [-0.4, -0.2) is 10.1 Å². The van der Waals surface area contributed by atoms with Gasteiger partial charge in [-0.2, -0.15) is 4.98 Å². The summed E-state index contributed by atoms with van der Waals surface area (Å²) in [6, 6.07) is 0. The molecule has 1 aromatic heterocycles. The summed E-state index contributed by atoms with van der Waals surface area (Å²) in [5.41, 5.74) is 0. The molecule has 1 heterocycles. The van der Waals surface area contributed by atoms with Crippen LogP contribution in [-0.2, 0) is 0 Å². The second-order valence-corrected chi connectivity index (χ2v) is 5.22. The molecule has 1 aromatic rings. The second-order valence-electron chi connectivity index (χ2n) is 5.22. The normalized spacial score (nSPS) is 12.8. The van der Waals surface area contributed by atoms with Gasteiger partial charge in [0.2, 0.25) is 5.89 Å². The summed E-state index contributed by atoms with van der Waals surface area (Å²) in [5, 5.41) is 3.92. The minimum Gasteiger partial charge on any atom is -0.339 e. The first-order valence-electron chi connectivity index (χ1n) is 7.58. The van der Waals surface area contributed by atoms with Gasteiger partial charge in [-0.25, -0.2) is 0 Å². The Morgan fingerprint density at radius 3 is 2.11 bits per heavy atom. The number of aryl methyl sites for hydroxylation is 1. The van der Waals surface area contributed by atoms with Crippen LogP contribution >= 0.6 is 0 Å². The van der Waals surface area contributed by atoms with E-state index in [1.807, 2.05) is 6.92 Å². The molecule has 0 radical (unpaired) electrons. The van der Waals surface area contributed by atoms with Gasteiger partial charge in [0.1, 0.15) is 0 Å². The molecule has 18 heavy (non-hydrogen) atoms. The molecule has 0 N–H and O–H groups in total. The Bertz CT molecular complexity index is 309. The molecule has 0 bridgehead atoms.